The maximum absolute atomic E-state index is 13.3. The highest BCUT2D eigenvalue weighted by Gasteiger charge is 2.13. The number of benzene rings is 1. The summed E-state index contributed by atoms with van der Waals surface area (Å²) < 4.78 is 13.3. The summed E-state index contributed by atoms with van der Waals surface area (Å²) in [5.74, 6) is 0.663. The molecule has 1 N–H and O–H groups in total. The molecule has 1 rings (SSSR count). The van der Waals surface area contributed by atoms with Gasteiger partial charge in [0.1, 0.15) is 5.82 Å². The van der Waals surface area contributed by atoms with Crippen LogP contribution in [-0.2, 0) is 0 Å². The number of aliphatic hydroxyl groups is 1. The molecule has 0 aliphatic carbocycles. The first-order valence-corrected chi connectivity index (χ1v) is 6.03. The summed E-state index contributed by atoms with van der Waals surface area (Å²) in [6.45, 7) is 0.0154. The Kier molecular flexibility index (Phi) is 4.98. The summed E-state index contributed by atoms with van der Waals surface area (Å²) >= 11 is 1.71. The first kappa shape index (κ1) is 11.5. The molecule has 1 aromatic rings. The number of hydrogen-bond acceptors (Lipinski definition) is 2. The minimum absolute atomic E-state index is 0.0154. The molecule has 0 amide bonds. The number of aliphatic hydroxyl groups excluding tert-OH is 1. The Labute approximate surface area is 88.3 Å². The summed E-state index contributed by atoms with van der Waals surface area (Å²) in [6.07, 6.45) is 2.83. The van der Waals surface area contributed by atoms with E-state index >= 15 is 0 Å². The maximum atomic E-state index is 13.3. The molecule has 0 heterocycles. The molecule has 0 spiro atoms. The monoisotopic (exact) mass is 214 g/mol. The Hall–Kier alpha value is -0.540. The van der Waals surface area contributed by atoms with Crippen LogP contribution in [0.3, 0.4) is 0 Å². The number of hydrogen-bond donors (Lipinski definition) is 1. The van der Waals surface area contributed by atoms with Crippen LogP contribution in [0.2, 0.25) is 0 Å². The van der Waals surface area contributed by atoms with Crippen molar-refractivity contribution < 1.29 is 9.50 Å². The Bertz CT molecular complexity index is 278. The molecule has 1 atom stereocenters. The van der Waals surface area contributed by atoms with Crippen LogP contribution in [0.15, 0.2) is 24.3 Å². The van der Waals surface area contributed by atoms with Crippen molar-refractivity contribution in [2.45, 2.75) is 12.3 Å². The summed E-state index contributed by atoms with van der Waals surface area (Å²) in [6, 6.07) is 6.66. The topological polar surface area (TPSA) is 20.2 Å². The minimum atomic E-state index is -0.215. The van der Waals surface area contributed by atoms with E-state index in [2.05, 4.69) is 0 Å². The molecule has 1 nitrogen and oxygen atoms in total. The second-order valence-electron chi connectivity index (χ2n) is 3.18. The molecule has 0 aliphatic heterocycles. The second-order valence-corrected chi connectivity index (χ2v) is 4.17. The van der Waals surface area contributed by atoms with E-state index < -0.39 is 0 Å². The van der Waals surface area contributed by atoms with Gasteiger partial charge in [-0.2, -0.15) is 11.8 Å². The van der Waals surface area contributed by atoms with Crippen LogP contribution >= 0.6 is 11.8 Å². The predicted molar refractivity (Wildman–Crippen MR) is 59.2 cm³/mol. The van der Waals surface area contributed by atoms with Crippen LogP contribution < -0.4 is 0 Å². The Morgan fingerprint density at radius 1 is 1.43 bits per heavy atom. The van der Waals surface area contributed by atoms with Crippen molar-refractivity contribution in [2.75, 3.05) is 18.6 Å². The summed E-state index contributed by atoms with van der Waals surface area (Å²) in [5, 5.41) is 9.15. The van der Waals surface area contributed by atoms with Crippen LogP contribution in [0.1, 0.15) is 17.9 Å². The first-order valence-electron chi connectivity index (χ1n) is 4.63. The highest BCUT2D eigenvalue weighted by Crippen LogP contribution is 2.23. The smallest absolute Gasteiger partial charge is 0.126 e. The normalized spacial score (nSPS) is 12.8. The Morgan fingerprint density at radius 2 is 2.14 bits per heavy atom. The van der Waals surface area contributed by atoms with Gasteiger partial charge in [-0.15, -0.1) is 0 Å². The molecule has 0 aliphatic rings. The first-order chi connectivity index (χ1) is 6.79. The van der Waals surface area contributed by atoms with E-state index in [1.54, 1.807) is 30.0 Å². The molecular formula is C11H15FOS. The zero-order chi connectivity index (χ0) is 10.4. The third-order valence-electron chi connectivity index (χ3n) is 2.24. The van der Waals surface area contributed by atoms with Gasteiger partial charge < -0.3 is 5.11 Å². The molecule has 1 aromatic carbocycles. The highest BCUT2D eigenvalue weighted by molar-refractivity contribution is 7.98. The average Bonchev–Trinajstić information content (AvgIpc) is 2.21. The zero-order valence-corrected chi connectivity index (χ0v) is 9.06. The van der Waals surface area contributed by atoms with E-state index in [0.29, 0.717) is 5.56 Å². The van der Waals surface area contributed by atoms with E-state index in [4.69, 9.17) is 5.11 Å². The van der Waals surface area contributed by atoms with Crippen molar-refractivity contribution in [3.05, 3.63) is 35.6 Å². The lowest BCUT2D eigenvalue weighted by Crippen LogP contribution is -2.07. The third kappa shape index (κ3) is 3.00. The van der Waals surface area contributed by atoms with Crippen LogP contribution in [0.25, 0.3) is 0 Å². The average molecular weight is 214 g/mol. The molecule has 14 heavy (non-hydrogen) atoms. The molecule has 0 aromatic heterocycles. The summed E-state index contributed by atoms with van der Waals surface area (Å²) in [7, 11) is 0. The van der Waals surface area contributed by atoms with E-state index in [-0.39, 0.29) is 18.3 Å². The molecule has 0 bridgehead atoms. The van der Waals surface area contributed by atoms with Gasteiger partial charge in [-0.1, -0.05) is 18.2 Å². The van der Waals surface area contributed by atoms with Crippen molar-refractivity contribution in [3.8, 4) is 0 Å². The van der Waals surface area contributed by atoms with Crippen molar-refractivity contribution in [3.63, 3.8) is 0 Å². The Balaban J connectivity index is 2.73. The van der Waals surface area contributed by atoms with Crippen molar-refractivity contribution in [2.24, 2.45) is 0 Å². The fraction of sp³-hybridized carbons (Fsp3) is 0.455. The lowest BCUT2D eigenvalue weighted by molar-refractivity contribution is 0.260. The molecule has 0 fully saturated rings. The predicted octanol–water partition coefficient (Wildman–Crippen LogP) is 2.65. The van der Waals surface area contributed by atoms with Gasteiger partial charge in [-0.25, -0.2) is 4.39 Å². The lowest BCUT2D eigenvalue weighted by Gasteiger charge is -2.14. The Morgan fingerprint density at radius 3 is 2.71 bits per heavy atom. The second kappa shape index (κ2) is 6.04. The highest BCUT2D eigenvalue weighted by atomic mass is 32.2. The van der Waals surface area contributed by atoms with E-state index in [9.17, 15) is 4.39 Å². The van der Waals surface area contributed by atoms with Gasteiger partial charge in [0.15, 0.2) is 0 Å². The fourth-order valence-electron chi connectivity index (χ4n) is 1.41. The van der Waals surface area contributed by atoms with Gasteiger partial charge in [0, 0.05) is 5.92 Å². The molecule has 1 unspecified atom stereocenters. The zero-order valence-electron chi connectivity index (χ0n) is 8.24. The van der Waals surface area contributed by atoms with E-state index in [0.717, 1.165) is 12.2 Å². The maximum Gasteiger partial charge on any atom is 0.126 e. The summed E-state index contributed by atoms with van der Waals surface area (Å²) in [4.78, 5) is 0. The summed E-state index contributed by atoms with van der Waals surface area (Å²) in [5.41, 5.74) is 0.629. The van der Waals surface area contributed by atoms with Crippen LogP contribution in [0, 0.1) is 5.82 Å². The molecule has 0 saturated carbocycles. The van der Waals surface area contributed by atoms with Gasteiger partial charge >= 0.3 is 0 Å². The van der Waals surface area contributed by atoms with E-state index in [1.807, 2.05) is 6.26 Å². The van der Waals surface area contributed by atoms with Crippen molar-refractivity contribution >= 4 is 11.8 Å². The largest absolute Gasteiger partial charge is 0.396 e. The van der Waals surface area contributed by atoms with Gasteiger partial charge in [-0.3, -0.25) is 0 Å². The fourth-order valence-corrected chi connectivity index (χ4v) is 1.93. The number of thioether (sulfide) groups is 1. The van der Waals surface area contributed by atoms with Crippen LogP contribution in [0.5, 0.6) is 0 Å². The third-order valence-corrected chi connectivity index (χ3v) is 2.88. The molecular weight excluding hydrogens is 199 g/mol. The molecule has 0 radical (unpaired) electrons. The lowest BCUT2D eigenvalue weighted by atomic mass is 9.97. The standard InChI is InChI=1S/C11H15FOS/c1-14-7-6-9(8-13)10-4-2-3-5-11(10)12/h2-5,9,13H,6-8H2,1H3. The molecule has 78 valence electrons. The number of halogens is 1. The SMILES string of the molecule is CSCCC(CO)c1ccccc1F. The van der Waals surface area contributed by atoms with Gasteiger partial charge in [0.25, 0.3) is 0 Å². The van der Waals surface area contributed by atoms with E-state index in [1.165, 1.54) is 6.07 Å². The molecule has 0 saturated heterocycles. The van der Waals surface area contributed by atoms with Gasteiger partial charge in [0.05, 0.1) is 6.61 Å². The van der Waals surface area contributed by atoms with Crippen LogP contribution in [-0.4, -0.2) is 23.7 Å². The quantitative estimate of drug-likeness (QED) is 0.813. The minimum Gasteiger partial charge on any atom is -0.396 e. The molecule has 3 heteroatoms. The van der Waals surface area contributed by atoms with Gasteiger partial charge in [0.2, 0.25) is 0 Å². The number of rotatable bonds is 5. The van der Waals surface area contributed by atoms with Crippen molar-refractivity contribution in [1.29, 1.82) is 0 Å². The van der Waals surface area contributed by atoms with Crippen molar-refractivity contribution in [1.82, 2.24) is 0 Å². The van der Waals surface area contributed by atoms with Gasteiger partial charge in [-0.05, 0) is 30.1 Å². The van der Waals surface area contributed by atoms with Crippen LogP contribution in [0.4, 0.5) is 4.39 Å².